The van der Waals surface area contributed by atoms with E-state index in [1.165, 1.54) is 19.2 Å². The number of methoxy groups -OCH3 is 1. The molecule has 0 amide bonds. The van der Waals surface area contributed by atoms with Gasteiger partial charge in [-0.15, -0.1) is 11.3 Å². The van der Waals surface area contributed by atoms with Crippen LogP contribution in [0.15, 0.2) is 18.2 Å². The second-order valence-corrected chi connectivity index (χ2v) is 7.19. The van der Waals surface area contributed by atoms with Gasteiger partial charge in [-0.2, -0.15) is 15.2 Å². The first-order chi connectivity index (χ1) is 13.4. The Balaban J connectivity index is 2.17. The maximum absolute atomic E-state index is 15.4. The smallest absolute Gasteiger partial charge is 0.320 e. The Morgan fingerprint density at radius 1 is 1.32 bits per heavy atom. The number of rotatable bonds is 2. The first-order valence-corrected chi connectivity index (χ1v) is 8.90. The van der Waals surface area contributed by atoms with Gasteiger partial charge in [0.05, 0.1) is 27.8 Å². The average molecular weight is 419 g/mol. The largest absolute Gasteiger partial charge is 0.493 e. The molecule has 140 valence electrons. The molecule has 0 saturated heterocycles. The van der Waals surface area contributed by atoms with E-state index in [9.17, 15) is 14.8 Å². The van der Waals surface area contributed by atoms with E-state index in [1.807, 2.05) is 6.07 Å². The van der Waals surface area contributed by atoms with Crippen LogP contribution in [0.4, 0.5) is 13.8 Å². The Morgan fingerprint density at radius 3 is 2.75 bits per heavy atom. The number of anilines is 1. The summed E-state index contributed by atoms with van der Waals surface area (Å²) in [5.41, 5.74) is 5.72. The van der Waals surface area contributed by atoms with Crippen molar-refractivity contribution in [2.75, 3.05) is 12.8 Å². The number of halogens is 3. The highest BCUT2D eigenvalue weighted by Gasteiger charge is 2.24. The molecular formula is C18H9ClF2N4O2S. The fraction of sp³-hybridized carbons (Fsp3) is 0.0556. The fourth-order valence-electron chi connectivity index (χ4n) is 3.01. The van der Waals surface area contributed by atoms with Gasteiger partial charge >= 0.3 is 6.01 Å². The molecule has 2 aromatic carbocycles. The number of ether oxygens (including phenoxy) is 1. The summed E-state index contributed by atoms with van der Waals surface area (Å²) >= 11 is 7.18. The summed E-state index contributed by atoms with van der Waals surface area (Å²) in [4.78, 5) is 7.62. The minimum Gasteiger partial charge on any atom is -0.493 e. The SMILES string of the molecule is COc1nc(O)c2cc(Cl)c(-c3ccc(F)c4sc(N)c(C#N)c34)c(F)c2n1. The number of nitrogens with zero attached hydrogens (tertiary/aromatic N) is 3. The number of thiophene rings is 1. The Hall–Kier alpha value is -3.22. The first-order valence-electron chi connectivity index (χ1n) is 7.71. The van der Waals surface area contributed by atoms with Crippen LogP contribution in [-0.2, 0) is 0 Å². The van der Waals surface area contributed by atoms with Crippen LogP contribution < -0.4 is 10.5 Å². The number of benzene rings is 2. The molecule has 0 spiro atoms. The molecule has 10 heteroatoms. The van der Waals surface area contributed by atoms with Crippen molar-refractivity contribution in [2.45, 2.75) is 0 Å². The summed E-state index contributed by atoms with van der Waals surface area (Å²) in [7, 11) is 1.27. The van der Waals surface area contributed by atoms with Crippen LogP contribution in [0, 0.1) is 23.0 Å². The molecule has 3 N–H and O–H groups in total. The van der Waals surface area contributed by atoms with Crippen molar-refractivity contribution in [3.63, 3.8) is 0 Å². The molecule has 0 saturated carbocycles. The van der Waals surface area contributed by atoms with Gasteiger partial charge in [0.2, 0.25) is 5.88 Å². The highest BCUT2D eigenvalue weighted by molar-refractivity contribution is 7.23. The van der Waals surface area contributed by atoms with Gasteiger partial charge in [-0.05, 0) is 17.7 Å². The van der Waals surface area contributed by atoms with Crippen molar-refractivity contribution < 1.29 is 18.6 Å². The molecule has 4 rings (SSSR count). The lowest BCUT2D eigenvalue weighted by Crippen LogP contribution is -1.98. The topological polar surface area (TPSA) is 105 Å². The normalized spacial score (nSPS) is 11.1. The van der Waals surface area contributed by atoms with Crippen molar-refractivity contribution in [1.82, 2.24) is 9.97 Å². The van der Waals surface area contributed by atoms with Crippen molar-refractivity contribution in [3.8, 4) is 29.1 Å². The standard InChI is InChI=1S/C18H9ClF2N4O2S/c1-27-18-24-14-7(17(26)25-18)4-9(19)12(13(14)21)6-2-3-10(20)15-11(6)8(5-22)16(23)28-15/h2-4H,23H2,1H3,(H,24,25,26). The van der Waals surface area contributed by atoms with Crippen LogP contribution in [0.3, 0.4) is 0 Å². The summed E-state index contributed by atoms with van der Waals surface area (Å²) in [6.45, 7) is 0. The molecule has 2 heterocycles. The van der Waals surface area contributed by atoms with E-state index in [0.29, 0.717) is 0 Å². The third kappa shape index (κ3) is 2.50. The van der Waals surface area contributed by atoms with Gasteiger partial charge in [0.25, 0.3) is 0 Å². The zero-order valence-electron chi connectivity index (χ0n) is 14.0. The van der Waals surface area contributed by atoms with Gasteiger partial charge in [0.15, 0.2) is 5.82 Å². The van der Waals surface area contributed by atoms with Gasteiger partial charge < -0.3 is 15.6 Å². The van der Waals surface area contributed by atoms with Crippen LogP contribution in [-0.4, -0.2) is 22.2 Å². The van der Waals surface area contributed by atoms with E-state index in [1.54, 1.807) is 0 Å². The lowest BCUT2D eigenvalue weighted by molar-refractivity contribution is 0.367. The van der Waals surface area contributed by atoms with Gasteiger partial charge in [-0.25, -0.2) is 8.78 Å². The van der Waals surface area contributed by atoms with Crippen LogP contribution in [0.25, 0.3) is 32.1 Å². The fourth-order valence-corrected chi connectivity index (χ4v) is 4.25. The van der Waals surface area contributed by atoms with Gasteiger partial charge in [-0.3, -0.25) is 0 Å². The summed E-state index contributed by atoms with van der Waals surface area (Å²) in [6, 6.07) is 5.45. The van der Waals surface area contributed by atoms with Crippen molar-refractivity contribution >= 4 is 48.9 Å². The Morgan fingerprint density at radius 2 is 2.07 bits per heavy atom. The second-order valence-electron chi connectivity index (χ2n) is 5.73. The molecule has 28 heavy (non-hydrogen) atoms. The third-order valence-electron chi connectivity index (χ3n) is 4.22. The zero-order chi connectivity index (χ0) is 20.2. The highest BCUT2D eigenvalue weighted by atomic mass is 35.5. The van der Waals surface area contributed by atoms with Crippen LogP contribution in [0.5, 0.6) is 11.9 Å². The lowest BCUT2D eigenvalue weighted by atomic mass is 9.97. The van der Waals surface area contributed by atoms with Gasteiger partial charge in [0.1, 0.15) is 22.4 Å². The molecule has 0 aliphatic rings. The van der Waals surface area contributed by atoms with Crippen LogP contribution in [0.2, 0.25) is 5.02 Å². The van der Waals surface area contributed by atoms with E-state index in [0.717, 1.165) is 17.4 Å². The zero-order valence-corrected chi connectivity index (χ0v) is 15.6. The molecule has 0 bridgehead atoms. The number of hydrogen-bond donors (Lipinski definition) is 2. The van der Waals surface area contributed by atoms with Gasteiger partial charge in [0, 0.05) is 10.9 Å². The number of aromatic hydroxyl groups is 1. The first kappa shape index (κ1) is 18.2. The molecule has 0 aliphatic heterocycles. The van der Waals surface area contributed by atoms with E-state index >= 15 is 4.39 Å². The lowest BCUT2D eigenvalue weighted by Gasteiger charge is -2.12. The summed E-state index contributed by atoms with van der Waals surface area (Å²) in [6.07, 6.45) is 0. The molecule has 0 atom stereocenters. The van der Waals surface area contributed by atoms with E-state index in [4.69, 9.17) is 22.1 Å². The second kappa shape index (κ2) is 6.44. The van der Waals surface area contributed by atoms with Gasteiger partial charge in [-0.1, -0.05) is 17.7 Å². The maximum atomic E-state index is 15.4. The molecule has 4 aromatic rings. The third-order valence-corrected chi connectivity index (χ3v) is 5.55. The predicted molar refractivity (Wildman–Crippen MR) is 103 cm³/mol. The molecule has 0 fully saturated rings. The minimum absolute atomic E-state index is 0.0178. The number of nitrogens with two attached hydrogens (primary N) is 1. The maximum Gasteiger partial charge on any atom is 0.320 e. The quantitative estimate of drug-likeness (QED) is 0.492. The van der Waals surface area contributed by atoms with E-state index in [-0.39, 0.29) is 53.7 Å². The number of fused-ring (bicyclic) bond motifs is 2. The Bertz CT molecular complexity index is 1330. The number of nitrogen functional groups attached to an aromatic ring is 1. The number of aromatic nitrogens is 2. The molecule has 0 aliphatic carbocycles. The van der Waals surface area contributed by atoms with E-state index < -0.39 is 17.5 Å². The summed E-state index contributed by atoms with van der Waals surface area (Å²) < 4.78 is 34.7. The molecular weight excluding hydrogens is 410 g/mol. The number of hydrogen-bond acceptors (Lipinski definition) is 7. The van der Waals surface area contributed by atoms with Crippen molar-refractivity contribution in [3.05, 3.63) is 40.4 Å². The molecule has 0 radical (unpaired) electrons. The van der Waals surface area contributed by atoms with Crippen molar-refractivity contribution in [1.29, 1.82) is 5.26 Å². The number of nitriles is 1. The molecule has 0 unspecified atom stereocenters. The average Bonchev–Trinajstić information content (AvgIpc) is 3.01. The van der Waals surface area contributed by atoms with Crippen LogP contribution in [0.1, 0.15) is 5.56 Å². The summed E-state index contributed by atoms with van der Waals surface area (Å²) in [5, 5.41) is 19.6. The van der Waals surface area contributed by atoms with E-state index in [2.05, 4.69) is 9.97 Å². The summed E-state index contributed by atoms with van der Waals surface area (Å²) in [5.74, 6) is -1.97. The van der Waals surface area contributed by atoms with Crippen molar-refractivity contribution in [2.24, 2.45) is 0 Å². The predicted octanol–water partition coefficient (Wildman–Crippen LogP) is 4.61. The Labute approximate surface area is 165 Å². The monoisotopic (exact) mass is 418 g/mol. The highest BCUT2D eigenvalue weighted by Crippen LogP contribution is 2.45. The Kier molecular flexibility index (Phi) is 4.18. The minimum atomic E-state index is -0.875. The molecule has 2 aromatic heterocycles. The molecule has 6 nitrogen and oxygen atoms in total. The van der Waals surface area contributed by atoms with Crippen LogP contribution >= 0.6 is 22.9 Å².